The number of guanidine groups is 1. The molecule has 0 aromatic carbocycles. The molecular weight excluding hydrogens is 260 g/mol. The summed E-state index contributed by atoms with van der Waals surface area (Å²) in [5.41, 5.74) is -0.450. The molecule has 1 unspecified atom stereocenters. The van der Waals surface area contributed by atoms with Gasteiger partial charge < -0.3 is 16.0 Å². The number of hydrogen-bond donors (Lipinski definition) is 3. The van der Waals surface area contributed by atoms with Gasteiger partial charge in [-0.05, 0) is 32.4 Å². The Kier molecular flexibility index (Phi) is 6.48. The van der Waals surface area contributed by atoms with Gasteiger partial charge in [-0.1, -0.05) is 0 Å². The molecule has 1 heterocycles. The molecule has 0 radical (unpaired) electrons. The first-order chi connectivity index (χ1) is 8.99. The standard InChI is InChI=1S/C13H26N4OS/c1-13(2,11(18)14-3)9-17-12(15-4)16-8-10-6-5-7-19-10/h10H,5-9H2,1-4H3,(H,14,18)(H2,15,16,17). The van der Waals surface area contributed by atoms with Gasteiger partial charge in [-0.25, -0.2) is 0 Å². The fraction of sp³-hybridized carbons (Fsp3) is 0.846. The molecule has 0 aliphatic carbocycles. The summed E-state index contributed by atoms with van der Waals surface area (Å²) in [5, 5.41) is 9.91. The van der Waals surface area contributed by atoms with Gasteiger partial charge in [-0.2, -0.15) is 11.8 Å². The zero-order chi connectivity index (χ0) is 14.3. The molecule has 1 rings (SSSR count). The zero-order valence-corrected chi connectivity index (χ0v) is 13.2. The monoisotopic (exact) mass is 286 g/mol. The quantitative estimate of drug-likeness (QED) is 0.517. The van der Waals surface area contributed by atoms with Crippen LogP contribution in [0.15, 0.2) is 4.99 Å². The Labute approximate surface area is 120 Å². The highest BCUT2D eigenvalue weighted by atomic mass is 32.2. The van der Waals surface area contributed by atoms with Gasteiger partial charge in [0.1, 0.15) is 0 Å². The van der Waals surface area contributed by atoms with E-state index in [-0.39, 0.29) is 5.91 Å². The van der Waals surface area contributed by atoms with Crippen molar-refractivity contribution in [1.29, 1.82) is 0 Å². The summed E-state index contributed by atoms with van der Waals surface area (Å²) in [5.74, 6) is 2.06. The van der Waals surface area contributed by atoms with Crippen molar-refractivity contribution in [3.8, 4) is 0 Å². The fourth-order valence-corrected chi connectivity index (χ4v) is 3.16. The smallest absolute Gasteiger partial charge is 0.227 e. The molecule has 1 atom stereocenters. The number of thioether (sulfide) groups is 1. The minimum absolute atomic E-state index is 0.0294. The van der Waals surface area contributed by atoms with E-state index in [2.05, 4.69) is 20.9 Å². The maximum Gasteiger partial charge on any atom is 0.227 e. The molecule has 6 heteroatoms. The summed E-state index contributed by atoms with van der Waals surface area (Å²) in [7, 11) is 3.42. The van der Waals surface area contributed by atoms with Crippen LogP contribution in [0.4, 0.5) is 0 Å². The van der Waals surface area contributed by atoms with Gasteiger partial charge in [0, 0.05) is 32.4 Å². The van der Waals surface area contributed by atoms with Crippen LogP contribution in [0.25, 0.3) is 0 Å². The van der Waals surface area contributed by atoms with Crippen LogP contribution in [0.1, 0.15) is 26.7 Å². The van der Waals surface area contributed by atoms with Gasteiger partial charge in [0.05, 0.1) is 5.41 Å². The largest absolute Gasteiger partial charge is 0.359 e. The van der Waals surface area contributed by atoms with Crippen molar-refractivity contribution in [2.75, 3.05) is 32.9 Å². The number of amides is 1. The lowest BCUT2D eigenvalue weighted by Crippen LogP contribution is -2.48. The van der Waals surface area contributed by atoms with Crippen LogP contribution < -0.4 is 16.0 Å². The minimum atomic E-state index is -0.450. The summed E-state index contributed by atoms with van der Waals surface area (Å²) in [6.45, 7) is 5.33. The number of aliphatic imine (C=N–C) groups is 1. The average Bonchev–Trinajstić information content (AvgIpc) is 2.91. The van der Waals surface area contributed by atoms with Crippen LogP contribution >= 0.6 is 11.8 Å². The summed E-state index contributed by atoms with van der Waals surface area (Å²) >= 11 is 2.02. The van der Waals surface area contributed by atoms with E-state index in [0.29, 0.717) is 11.8 Å². The van der Waals surface area contributed by atoms with E-state index in [1.165, 1.54) is 18.6 Å². The van der Waals surface area contributed by atoms with Crippen molar-refractivity contribution in [3.63, 3.8) is 0 Å². The Hall–Kier alpha value is -0.910. The Morgan fingerprint density at radius 3 is 2.68 bits per heavy atom. The minimum Gasteiger partial charge on any atom is -0.359 e. The van der Waals surface area contributed by atoms with Gasteiger partial charge in [0.2, 0.25) is 5.91 Å². The average molecular weight is 286 g/mol. The highest BCUT2D eigenvalue weighted by Gasteiger charge is 2.26. The topological polar surface area (TPSA) is 65.5 Å². The van der Waals surface area contributed by atoms with Gasteiger partial charge in [0.25, 0.3) is 0 Å². The SMILES string of the molecule is CN=C(NCC1CCCS1)NCC(C)(C)C(=O)NC. The van der Waals surface area contributed by atoms with Crippen molar-refractivity contribution in [1.82, 2.24) is 16.0 Å². The number of carbonyl (C=O) groups excluding carboxylic acids is 1. The van der Waals surface area contributed by atoms with Gasteiger partial charge >= 0.3 is 0 Å². The third-order valence-electron chi connectivity index (χ3n) is 3.28. The van der Waals surface area contributed by atoms with E-state index < -0.39 is 5.41 Å². The first kappa shape index (κ1) is 16.1. The summed E-state index contributed by atoms with van der Waals surface area (Å²) in [6, 6.07) is 0. The van der Waals surface area contributed by atoms with E-state index in [1.807, 2.05) is 25.6 Å². The van der Waals surface area contributed by atoms with E-state index in [9.17, 15) is 4.79 Å². The molecule has 110 valence electrons. The summed E-state index contributed by atoms with van der Waals surface area (Å²) < 4.78 is 0. The predicted molar refractivity (Wildman–Crippen MR) is 82.7 cm³/mol. The van der Waals surface area contributed by atoms with E-state index in [4.69, 9.17) is 0 Å². The molecule has 0 aromatic heterocycles. The lowest BCUT2D eigenvalue weighted by molar-refractivity contribution is -0.128. The summed E-state index contributed by atoms with van der Waals surface area (Å²) in [6.07, 6.45) is 2.59. The molecule has 0 spiro atoms. The van der Waals surface area contributed by atoms with E-state index >= 15 is 0 Å². The van der Waals surface area contributed by atoms with Crippen molar-refractivity contribution in [2.24, 2.45) is 10.4 Å². The zero-order valence-electron chi connectivity index (χ0n) is 12.4. The number of rotatable bonds is 5. The Bertz CT molecular complexity index is 325. The molecule has 5 nitrogen and oxygen atoms in total. The molecule has 1 aliphatic heterocycles. The van der Waals surface area contributed by atoms with E-state index in [0.717, 1.165) is 12.5 Å². The van der Waals surface area contributed by atoms with Crippen LogP contribution in [0.3, 0.4) is 0 Å². The maximum absolute atomic E-state index is 11.7. The molecule has 19 heavy (non-hydrogen) atoms. The highest BCUT2D eigenvalue weighted by Crippen LogP contribution is 2.25. The maximum atomic E-state index is 11.7. The Morgan fingerprint density at radius 2 is 2.16 bits per heavy atom. The third kappa shape index (κ3) is 5.30. The van der Waals surface area contributed by atoms with Gasteiger partial charge in [-0.3, -0.25) is 9.79 Å². The molecule has 0 bridgehead atoms. The molecule has 0 saturated carbocycles. The lowest BCUT2D eigenvalue weighted by Gasteiger charge is -2.24. The van der Waals surface area contributed by atoms with Crippen molar-refractivity contribution >= 4 is 23.6 Å². The van der Waals surface area contributed by atoms with Crippen LogP contribution in [0.5, 0.6) is 0 Å². The molecule has 1 fully saturated rings. The number of carbonyl (C=O) groups is 1. The Morgan fingerprint density at radius 1 is 1.42 bits per heavy atom. The second-order valence-electron chi connectivity index (χ2n) is 5.40. The number of hydrogen-bond acceptors (Lipinski definition) is 3. The second-order valence-corrected chi connectivity index (χ2v) is 6.81. The number of nitrogens with zero attached hydrogens (tertiary/aromatic N) is 1. The first-order valence-corrected chi connectivity index (χ1v) is 7.83. The molecule has 1 amide bonds. The van der Waals surface area contributed by atoms with E-state index in [1.54, 1.807) is 14.1 Å². The van der Waals surface area contributed by atoms with Crippen LogP contribution in [0, 0.1) is 5.41 Å². The van der Waals surface area contributed by atoms with Gasteiger partial charge in [0.15, 0.2) is 5.96 Å². The third-order valence-corrected chi connectivity index (χ3v) is 4.68. The first-order valence-electron chi connectivity index (χ1n) is 6.78. The van der Waals surface area contributed by atoms with Crippen LogP contribution in [-0.2, 0) is 4.79 Å². The summed E-state index contributed by atoms with van der Waals surface area (Å²) in [4.78, 5) is 15.9. The van der Waals surface area contributed by atoms with Crippen molar-refractivity contribution < 1.29 is 4.79 Å². The molecule has 3 N–H and O–H groups in total. The lowest BCUT2D eigenvalue weighted by atomic mass is 9.92. The second kappa shape index (κ2) is 7.62. The fourth-order valence-electron chi connectivity index (χ4n) is 1.96. The van der Waals surface area contributed by atoms with Crippen LogP contribution in [-0.4, -0.2) is 50.1 Å². The van der Waals surface area contributed by atoms with Crippen molar-refractivity contribution in [2.45, 2.75) is 31.9 Å². The predicted octanol–water partition coefficient (Wildman–Crippen LogP) is 0.819. The van der Waals surface area contributed by atoms with Crippen LogP contribution in [0.2, 0.25) is 0 Å². The number of nitrogens with one attached hydrogen (secondary N) is 3. The molecule has 1 aliphatic rings. The Balaban J connectivity index is 2.34. The van der Waals surface area contributed by atoms with Crippen molar-refractivity contribution in [3.05, 3.63) is 0 Å². The molecular formula is C13H26N4OS. The normalized spacial score (nSPS) is 20.2. The molecule has 0 aromatic rings. The molecule has 1 saturated heterocycles. The van der Waals surface area contributed by atoms with Gasteiger partial charge in [-0.15, -0.1) is 0 Å². The highest BCUT2D eigenvalue weighted by molar-refractivity contribution is 8.00.